The highest BCUT2D eigenvalue weighted by molar-refractivity contribution is 5.93. The summed E-state index contributed by atoms with van der Waals surface area (Å²) in [6.45, 7) is 2.61. The van der Waals surface area contributed by atoms with Gasteiger partial charge in [0.15, 0.2) is 0 Å². The molecule has 1 aliphatic rings. The summed E-state index contributed by atoms with van der Waals surface area (Å²) in [5.74, 6) is 0.113. The molecule has 0 radical (unpaired) electrons. The van der Waals surface area contributed by atoms with Gasteiger partial charge in [0.1, 0.15) is 0 Å². The molecule has 1 aliphatic heterocycles. The standard InChI is InChI=1S/C18H21N5O/c19-18(24)15-11-22-23-7-5-12(8-17(15)23)9-20-10-13-2-1-3-16-14(13)4-6-21-16/h1-4,6,11-12,20-21H,5,7-10H2,(H2,19,24)/t12-/m1/s1. The first kappa shape index (κ1) is 15.0. The molecule has 4 N–H and O–H groups in total. The first-order chi connectivity index (χ1) is 11.7. The van der Waals surface area contributed by atoms with E-state index in [1.807, 2.05) is 10.9 Å². The molecule has 0 fully saturated rings. The van der Waals surface area contributed by atoms with Crippen molar-refractivity contribution in [2.45, 2.75) is 25.9 Å². The molecule has 0 unspecified atom stereocenters. The van der Waals surface area contributed by atoms with E-state index < -0.39 is 0 Å². The lowest BCUT2D eigenvalue weighted by Gasteiger charge is -2.24. The number of aromatic amines is 1. The van der Waals surface area contributed by atoms with E-state index in [9.17, 15) is 4.79 Å². The van der Waals surface area contributed by atoms with Crippen LogP contribution >= 0.6 is 0 Å². The molecular weight excluding hydrogens is 302 g/mol. The molecule has 3 heterocycles. The number of carbonyl (C=O) groups is 1. The molecule has 1 amide bonds. The van der Waals surface area contributed by atoms with Crippen molar-refractivity contribution < 1.29 is 4.79 Å². The summed E-state index contributed by atoms with van der Waals surface area (Å²) in [5, 5.41) is 9.09. The zero-order valence-corrected chi connectivity index (χ0v) is 13.5. The molecule has 24 heavy (non-hydrogen) atoms. The summed E-state index contributed by atoms with van der Waals surface area (Å²) in [6, 6.07) is 8.44. The molecular formula is C18H21N5O. The fraction of sp³-hybridized carbons (Fsp3) is 0.333. The van der Waals surface area contributed by atoms with Gasteiger partial charge in [0.25, 0.3) is 5.91 Å². The van der Waals surface area contributed by atoms with Gasteiger partial charge in [0.2, 0.25) is 0 Å². The quantitative estimate of drug-likeness (QED) is 0.669. The Hall–Kier alpha value is -2.60. The first-order valence-electron chi connectivity index (χ1n) is 8.32. The van der Waals surface area contributed by atoms with Crippen molar-refractivity contribution in [1.29, 1.82) is 0 Å². The number of fused-ring (bicyclic) bond motifs is 2. The number of hydrogen-bond donors (Lipinski definition) is 3. The summed E-state index contributed by atoms with van der Waals surface area (Å²) >= 11 is 0. The Kier molecular flexibility index (Phi) is 3.82. The molecule has 6 nitrogen and oxygen atoms in total. The van der Waals surface area contributed by atoms with Gasteiger partial charge in [0.05, 0.1) is 17.5 Å². The largest absolute Gasteiger partial charge is 0.365 e. The lowest BCUT2D eigenvalue weighted by molar-refractivity contribution is 0.0998. The molecule has 0 saturated heterocycles. The van der Waals surface area contributed by atoms with Crippen LogP contribution in [0.25, 0.3) is 10.9 Å². The van der Waals surface area contributed by atoms with E-state index in [0.717, 1.165) is 38.2 Å². The molecule has 1 aromatic carbocycles. The van der Waals surface area contributed by atoms with Crippen LogP contribution in [-0.4, -0.2) is 27.2 Å². The number of hydrogen-bond acceptors (Lipinski definition) is 3. The van der Waals surface area contributed by atoms with Gasteiger partial charge < -0.3 is 16.0 Å². The number of amides is 1. The predicted molar refractivity (Wildman–Crippen MR) is 92.6 cm³/mol. The summed E-state index contributed by atoms with van der Waals surface area (Å²) < 4.78 is 1.91. The van der Waals surface area contributed by atoms with Crippen molar-refractivity contribution in [3.63, 3.8) is 0 Å². The van der Waals surface area contributed by atoms with Crippen molar-refractivity contribution in [3.05, 3.63) is 53.5 Å². The van der Waals surface area contributed by atoms with Crippen LogP contribution in [0.2, 0.25) is 0 Å². The Balaban J connectivity index is 1.39. The van der Waals surface area contributed by atoms with Gasteiger partial charge in [-0.2, -0.15) is 5.10 Å². The third kappa shape index (κ3) is 2.69. The number of rotatable bonds is 5. The second-order valence-corrected chi connectivity index (χ2v) is 6.44. The van der Waals surface area contributed by atoms with E-state index in [-0.39, 0.29) is 5.91 Å². The van der Waals surface area contributed by atoms with E-state index in [0.29, 0.717) is 11.5 Å². The molecule has 3 aromatic rings. The van der Waals surface area contributed by atoms with Crippen molar-refractivity contribution in [2.24, 2.45) is 11.7 Å². The number of nitrogens with one attached hydrogen (secondary N) is 2. The number of aromatic nitrogens is 3. The average molecular weight is 323 g/mol. The lowest BCUT2D eigenvalue weighted by atomic mass is 9.94. The summed E-state index contributed by atoms with van der Waals surface area (Å²) in [6.07, 6.45) is 5.48. The maximum atomic E-state index is 11.5. The number of nitrogens with two attached hydrogens (primary N) is 1. The SMILES string of the molecule is NC(=O)c1cnn2c1C[C@H](CNCc1cccc3[nH]ccc13)CC2. The van der Waals surface area contributed by atoms with Crippen molar-refractivity contribution in [2.75, 3.05) is 6.54 Å². The van der Waals surface area contributed by atoms with Gasteiger partial charge in [-0.05, 0) is 43.0 Å². The third-order valence-electron chi connectivity index (χ3n) is 4.88. The van der Waals surface area contributed by atoms with Crippen LogP contribution in [0, 0.1) is 5.92 Å². The zero-order chi connectivity index (χ0) is 16.5. The number of H-pyrrole nitrogens is 1. The number of primary amides is 1. The number of aryl methyl sites for hydroxylation is 1. The number of carbonyl (C=O) groups excluding carboxylic acids is 1. The predicted octanol–water partition coefficient (Wildman–Crippen LogP) is 1.82. The normalized spacial score (nSPS) is 17.1. The fourth-order valence-corrected chi connectivity index (χ4v) is 3.59. The van der Waals surface area contributed by atoms with Crippen LogP contribution in [0.15, 0.2) is 36.7 Å². The first-order valence-corrected chi connectivity index (χ1v) is 8.32. The minimum absolute atomic E-state index is 0.385. The van der Waals surface area contributed by atoms with Gasteiger partial charge in [-0.15, -0.1) is 0 Å². The molecule has 0 saturated carbocycles. The van der Waals surface area contributed by atoms with E-state index in [1.165, 1.54) is 16.5 Å². The van der Waals surface area contributed by atoms with Gasteiger partial charge in [0, 0.05) is 30.2 Å². The Morgan fingerprint density at radius 2 is 2.33 bits per heavy atom. The Morgan fingerprint density at radius 3 is 3.21 bits per heavy atom. The van der Waals surface area contributed by atoms with Crippen LogP contribution in [0.4, 0.5) is 0 Å². The van der Waals surface area contributed by atoms with Crippen molar-refractivity contribution in [1.82, 2.24) is 20.1 Å². The molecule has 0 aliphatic carbocycles. The van der Waals surface area contributed by atoms with Crippen LogP contribution in [0.1, 0.15) is 28.0 Å². The number of benzene rings is 1. The van der Waals surface area contributed by atoms with Gasteiger partial charge in [-0.3, -0.25) is 9.48 Å². The molecule has 2 aromatic heterocycles. The Morgan fingerprint density at radius 1 is 1.42 bits per heavy atom. The Labute approximate surface area is 140 Å². The lowest BCUT2D eigenvalue weighted by Crippen LogP contribution is -2.30. The second-order valence-electron chi connectivity index (χ2n) is 6.44. The molecule has 0 bridgehead atoms. The fourth-order valence-electron chi connectivity index (χ4n) is 3.59. The minimum atomic E-state index is -0.385. The highest BCUT2D eigenvalue weighted by Crippen LogP contribution is 2.23. The van der Waals surface area contributed by atoms with Crippen LogP contribution in [-0.2, 0) is 19.5 Å². The highest BCUT2D eigenvalue weighted by atomic mass is 16.1. The topological polar surface area (TPSA) is 88.7 Å². The zero-order valence-electron chi connectivity index (χ0n) is 13.5. The van der Waals surface area contributed by atoms with E-state index in [4.69, 9.17) is 5.73 Å². The average Bonchev–Trinajstić information content (AvgIpc) is 3.21. The van der Waals surface area contributed by atoms with Gasteiger partial charge >= 0.3 is 0 Å². The molecule has 4 rings (SSSR count). The molecule has 0 spiro atoms. The van der Waals surface area contributed by atoms with E-state index >= 15 is 0 Å². The molecule has 1 atom stereocenters. The summed E-state index contributed by atoms with van der Waals surface area (Å²) in [4.78, 5) is 14.7. The van der Waals surface area contributed by atoms with Gasteiger partial charge in [-0.1, -0.05) is 12.1 Å². The van der Waals surface area contributed by atoms with E-state index in [1.54, 1.807) is 6.20 Å². The maximum Gasteiger partial charge on any atom is 0.252 e. The molecule has 124 valence electrons. The van der Waals surface area contributed by atoms with Gasteiger partial charge in [-0.25, -0.2) is 0 Å². The van der Waals surface area contributed by atoms with Crippen molar-refractivity contribution >= 4 is 16.8 Å². The van der Waals surface area contributed by atoms with Crippen LogP contribution in [0.3, 0.4) is 0 Å². The van der Waals surface area contributed by atoms with Crippen LogP contribution < -0.4 is 11.1 Å². The summed E-state index contributed by atoms with van der Waals surface area (Å²) in [7, 11) is 0. The number of nitrogens with zero attached hydrogens (tertiary/aromatic N) is 2. The van der Waals surface area contributed by atoms with Crippen LogP contribution in [0.5, 0.6) is 0 Å². The van der Waals surface area contributed by atoms with Crippen molar-refractivity contribution in [3.8, 4) is 0 Å². The Bertz CT molecular complexity index is 879. The maximum absolute atomic E-state index is 11.5. The monoisotopic (exact) mass is 323 g/mol. The third-order valence-corrected chi connectivity index (χ3v) is 4.88. The second kappa shape index (κ2) is 6.13. The highest BCUT2D eigenvalue weighted by Gasteiger charge is 2.24. The van der Waals surface area contributed by atoms with E-state index in [2.05, 4.69) is 39.7 Å². The smallest absolute Gasteiger partial charge is 0.252 e. The minimum Gasteiger partial charge on any atom is -0.365 e. The summed E-state index contributed by atoms with van der Waals surface area (Å²) in [5.41, 5.74) is 9.45. The molecule has 6 heteroatoms.